The summed E-state index contributed by atoms with van der Waals surface area (Å²) in [6, 6.07) is -9.28. The standard InChI is InChI=1S/C21H12F18N2/c22-16(23,24)8-1-9(17(25,26)27)4-12(3-8)40-14(20(34,35)36)7-15(21(37,38)39)41-13-5-10(18(28,29)30)2-11(6-13)19(31,32)33/h1-6,14-15,40-41H,7H2. The second kappa shape index (κ2) is 10.9. The lowest BCUT2D eigenvalue weighted by molar-refractivity contribution is -0.167. The Kier molecular flexibility index (Phi) is 9.02. The van der Waals surface area contributed by atoms with E-state index in [1.54, 1.807) is 0 Å². The van der Waals surface area contributed by atoms with Gasteiger partial charge in [-0.25, -0.2) is 0 Å². The van der Waals surface area contributed by atoms with Crippen LogP contribution < -0.4 is 10.6 Å². The summed E-state index contributed by atoms with van der Waals surface area (Å²) < 4.78 is 238. The molecule has 20 heteroatoms. The van der Waals surface area contributed by atoms with Gasteiger partial charge < -0.3 is 10.6 Å². The van der Waals surface area contributed by atoms with E-state index < -0.39 is 101 Å². The molecular formula is C21H12F18N2. The summed E-state index contributed by atoms with van der Waals surface area (Å²) in [5, 5.41) is 2.16. The highest BCUT2D eigenvalue weighted by Crippen LogP contribution is 2.41. The maximum atomic E-state index is 13.6. The Morgan fingerprint density at radius 1 is 0.390 bits per heavy atom. The molecule has 41 heavy (non-hydrogen) atoms. The molecule has 232 valence electrons. The number of benzene rings is 2. The predicted molar refractivity (Wildman–Crippen MR) is 104 cm³/mol. The lowest BCUT2D eigenvalue weighted by Gasteiger charge is -2.30. The number of hydrogen-bond acceptors (Lipinski definition) is 2. The molecule has 0 aromatic heterocycles. The smallest absolute Gasteiger partial charge is 0.374 e. The van der Waals surface area contributed by atoms with Crippen LogP contribution in [0, 0.1) is 0 Å². The first-order chi connectivity index (χ1) is 18.1. The number of rotatable bonds is 6. The van der Waals surface area contributed by atoms with Crippen LogP contribution in [0.15, 0.2) is 36.4 Å². The zero-order valence-electron chi connectivity index (χ0n) is 19.1. The molecule has 2 nitrogen and oxygen atoms in total. The van der Waals surface area contributed by atoms with Crippen LogP contribution in [0.4, 0.5) is 90.4 Å². The van der Waals surface area contributed by atoms with Crippen molar-refractivity contribution in [3.05, 3.63) is 58.7 Å². The molecule has 0 spiro atoms. The maximum absolute atomic E-state index is 13.6. The van der Waals surface area contributed by atoms with Crippen LogP contribution >= 0.6 is 0 Å². The lowest BCUT2D eigenvalue weighted by Crippen LogP contribution is -2.46. The van der Waals surface area contributed by atoms with Crippen molar-refractivity contribution in [3.8, 4) is 0 Å². The zero-order chi connectivity index (χ0) is 32.0. The van der Waals surface area contributed by atoms with Crippen molar-refractivity contribution in [3.63, 3.8) is 0 Å². The summed E-state index contributed by atoms with van der Waals surface area (Å²) in [6.45, 7) is 0. The Hall–Kier alpha value is -3.22. The second-order valence-corrected chi connectivity index (χ2v) is 8.30. The first-order valence-corrected chi connectivity index (χ1v) is 10.3. The van der Waals surface area contributed by atoms with Gasteiger partial charge in [0.1, 0.15) is 12.1 Å². The number of halogens is 18. The highest BCUT2D eigenvalue weighted by Gasteiger charge is 2.49. The van der Waals surface area contributed by atoms with E-state index in [4.69, 9.17) is 0 Å². The molecule has 0 heterocycles. The number of anilines is 2. The van der Waals surface area contributed by atoms with Crippen molar-refractivity contribution < 1.29 is 79.0 Å². The Balaban J connectivity index is 2.57. The van der Waals surface area contributed by atoms with Crippen LogP contribution in [-0.2, 0) is 24.7 Å². The van der Waals surface area contributed by atoms with Gasteiger partial charge in [-0.05, 0) is 36.4 Å². The Bertz CT molecular complexity index is 1040. The monoisotopic (exact) mass is 634 g/mol. The third-order valence-corrected chi connectivity index (χ3v) is 5.12. The van der Waals surface area contributed by atoms with E-state index in [9.17, 15) is 79.0 Å². The zero-order valence-corrected chi connectivity index (χ0v) is 19.1. The van der Waals surface area contributed by atoms with Crippen molar-refractivity contribution in [2.45, 2.75) is 55.6 Å². The van der Waals surface area contributed by atoms with Crippen molar-refractivity contribution in [2.75, 3.05) is 10.6 Å². The van der Waals surface area contributed by atoms with Gasteiger partial charge in [0.2, 0.25) is 0 Å². The molecule has 2 rings (SSSR count). The third-order valence-electron chi connectivity index (χ3n) is 5.12. The van der Waals surface area contributed by atoms with E-state index in [1.807, 2.05) is 0 Å². The molecule has 0 amide bonds. The van der Waals surface area contributed by atoms with Gasteiger partial charge in [-0.15, -0.1) is 0 Å². The van der Waals surface area contributed by atoms with Crippen molar-refractivity contribution >= 4 is 11.4 Å². The highest BCUT2D eigenvalue weighted by atomic mass is 19.4. The van der Waals surface area contributed by atoms with Crippen LogP contribution in [0.2, 0.25) is 0 Å². The third kappa shape index (κ3) is 9.40. The van der Waals surface area contributed by atoms with E-state index in [1.165, 1.54) is 0 Å². The molecule has 0 aliphatic heterocycles. The average molecular weight is 634 g/mol. The topological polar surface area (TPSA) is 24.1 Å². The van der Waals surface area contributed by atoms with E-state index in [0.717, 1.165) is 10.6 Å². The molecule has 0 saturated carbocycles. The molecule has 0 aliphatic rings. The van der Waals surface area contributed by atoms with Crippen LogP contribution in [-0.4, -0.2) is 24.4 Å². The molecule has 0 aliphatic carbocycles. The molecule has 0 fully saturated rings. The Morgan fingerprint density at radius 2 is 0.610 bits per heavy atom. The molecule has 2 unspecified atom stereocenters. The van der Waals surface area contributed by atoms with Gasteiger partial charge in [-0.2, -0.15) is 79.0 Å². The second-order valence-electron chi connectivity index (χ2n) is 8.30. The van der Waals surface area contributed by atoms with Gasteiger partial charge in [-0.3, -0.25) is 0 Å². The van der Waals surface area contributed by atoms with Crippen molar-refractivity contribution in [1.82, 2.24) is 0 Å². The Labute approximate surface area is 216 Å². The fraction of sp³-hybridized carbons (Fsp3) is 0.429. The number of alkyl halides is 18. The maximum Gasteiger partial charge on any atom is 0.416 e. The summed E-state index contributed by atoms with van der Waals surface area (Å²) in [5.74, 6) is 0. The largest absolute Gasteiger partial charge is 0.416 e. The van der Waals surface area contributed by atoms with Crippen molar-refractivity contribution in [1.29, 1.82) is 0 Å². The minimum atomic E-state index is -5.84. The normalized spacial score (nSPS) is 15.5. The van der Waals surface area contributed by atoms with Crippen molar-refractivity contribution in [2.24, 2.45) is 0 Å². The van der Waals surface area contributed by atoms with Gasteiger partial charge in [0.25, 0.3) is 0 Å². The number of hydrogen-bond donors (Lipinski definition) is 2. The van der Waals surface area contributed by atoms with Gasteiger partial charge in [0.05, 0.1) is 22.3 Å². The molecule has 2 atom stereocenters. The summed E-state index contributed by atoms with van der Waals surface area (Å²) in [4.78, 5) is 0. The minimum absolute atomic E-state index is 0.271. The van der Waals surface area contributed by atoms with Crippen LogP contribution in [0.5, 0.6) is 0 Å². The van der Waals surface area contributed by atoms with Gasteiger partial charge in [-0.1, -0.05) is 0 Å². The highest BCUT2D eigenvalue weighted by molar-refractivity contribution is 5.53. The summed E-state index contributed by atoms with van der Waals surface area (Å²) in [6.07, 6.45) is -36.3. The fourth-order valence-corrected chi connectivity index (χ4v) is 3.26. The average Bonchev–Trinajstić information content (AvgIpc) is 2.74. The molecule has 0 radical (unpaired) electrons. The molecule has 2 aromatic carbocycles. The minimum Gasteiger partial charge on any atom is -0.374 e. The van der Waals surface area contributed by atoms with E-state index in [-0.39, 0.29) is 24.3 Å². The molecular weight excluding hydrogens is 622 g/mol. The SMILES string of the molecule is FC(F)(F)c1cc(NC(CC(Nc2cc(C(F)(F)F)cc(C(F)(F)F)c2)C(F)(F)F)C(F)(F)F)cc(C(F)(F)F)c1. The first-order valence-electron chi connectivity index (χ1n) is 10.3. The van der Waals surface area contributed by atoms with E-state index in [2.05, 4.69) is 0 Å². The Morgan fingerprint density at radius 3 is 0.780 bits per heavy atom. The van der Waals surface area contributed by atoms with Gasteiger partial charge >= 0.3 is 37.1 Å². The van der Waals surface area contributed by atoms with Gasteiger partial charge in [0, 0.05) is 17.8 Å². The molecule has 0 saturated heterocycles. The quantitative estimate of drug-likeness (QED) is 0.310. The predicted octanol–water partition coefficient (Wildman–Crippen LogP) is 9.54. The lowest BCUT2D eigenvalue weighted by atomic mass is 10.0. The molecule has 2 aromatic rings. The molecule has 2 N–H and O–H groups in total. The van der Waals surface area contributed by atoms with Crippen LogP contribution in [0.25, 0.3) is 0 Å². The van der Waals surface area contributed by atoms with E-state index in [0.29, 0.717) is 0 Å². The first kappa shape index (κ1) is 34.0. The molecule has 0 bridgehead atoms. The summed E-state index contributed by atoms with van der Waals surface area (Å²) in [7, 11) is 0. The van der Waals surface area contributed by atoms with Crippen LogP contribution in [0.3, 0.4) is 0 Å². The summed E-state index contributed by atoms with van der Waals surface area (Å²) >= 11 is 0. The number of nitrogens with one attached hydrogen (secondary N) is 2. The summed E-state index contributed by atoms with van der Waals surface area (Å²) in [5.41, 5.74) is -11.7. The fourth-order valence-electron chi connectivity index (χ4n) is 3.26. The van der Waals surface area contributed by atoms with Gasteiger partial charge in [0.15, 0.2) is 0 Å². The van der Waals surface area contributed by atoms with Crippen LogP contribution in [0.1, 0.15) is 28.7 Å². The van der Waals surface area contributed by atoms with E-state index >= 15 is 0 Å².